The van der Waals surface area contributed by atoms with Gasteiger partial charge in [-0.3, -0.25) is 0 Å². The molecule has 0 saturated carbocycles. The van der Waals surface area contributed by atoms with Gasteiger partial charge in [0.25, 0.3) is 0 Å². The van der Waals surface area contributed by atoms with Gasteiger partial charge in [-0.15, -0.1) is 0 Å². The molecule has 1 aliphatic heterocycles. The predicted molar refractivity (Wildman–Crippen MR) is 136 cm³/mol. The molecule has 168 valence electrons. The smallest absolute Gasteiger partial charge is 0.0138 e. The fourth-order valence-electron chi connectivity index (χ4n) is 4.28. The van der Waals surface area contributed by atoms with Crippen LogP contribution in [-0.4, -0.2) is 22.0 Å². The molecule has 0 amide bonds. The highest BCUT2D eigenvalue weighted by Crippen LogP contribution is 2.35. The second kappa shape index (κ2) is 21.0. The molecule has 1 rings (SSSR count). The van der Waals surface area contributed by atoms with E-state index in [1.165, 1.54) is 140 Å². The molecule has 0 aromatic carbocycles. The number of unbranched alkanes of at least 4 members (excludes halogenated alkanes) is 16. The molecular formula is C26H52S2. The molecule has 0 aromatic heterocycles. The lowest BCUT2D eigenvalue weighted by Gasteiger charge is -2.27. The standard InChI is InChI=1S/C26H52S2/c1-3-5-7-9-11-13-15-17-19-21-25-23-28-26(24-27-25)22-20-18-16-14-12-10-8-6-4-2/h25-26H,3-24H2,1-2H3. The highest BCUT2D eigenvalue weighted by molar-refractivity contribution is 8.07. The van der Waals surface area contributed by atoms with Crippen molar-refractivity contribution in [3.05, 3.63) is 0 Å². The van der Waals surface area contributed by atoms with Crippen molar-refractivity contribution in [1.82, 2.24) is 0 Å². The maximum atomic E-state index is 2.31. The summed E-state index contributed by atoms with van der Waals surface area (Å²) in [5.74, 6) is 2.87. The second-order valence-electron chi connectivity index (χ2n) is 9.14. The van der Waals surface area contributed by atoms with Gasteiger partial charge in [-0.1, -0.05) is 129 Å². The van der Waals surface area contributed by atoms with Crippen LogP contribution in [0.5, 0.6) is 0 Å². The lowest BCUT2D eigenvalue weighted by Crippen LogP contribution is -2.21. The van der Waals surface area contributed by atoms with E-state index in [2.05, 4.69) is 37.4 Å². The predicted octanol–water partition coefficient (Wildman–Crippen LogP) is 10.0. The fourth-order valence-corrected chi connectivity index (χ4v) is 7.50. The summed E-state index contributed by atoms with van der Waals surface area (Å²) in [6, 6.07) is 0. The van der Waals surface area contributed by atoms with Crippen molar-refractivity contribution in [2.24, 2.45) is 0 Å². The van der Waals surface area contributed by atoms with Gasteiger partial charge in [-0.2, -0.15) is 23.5 Å². The van der Waals surface area contributed by atoms with E-state index in [1.807, 2.05) is 0 Å². The van der Waals surface area contributed by atoms with E-state index in [4.69, 9.17) is 0 Å². The number of hydrogen-bond acceptors (Lipinski definition) is 2. The maximum Gasteiger partial charge on any atom is 0.0138 e. The van der Waals surface area contributed by atoms with E-state index in [1.54, 1.807) is 0 Å². The molecule has 28 heavy (non-hydrogen) atoms. The van der Waals surface area contributed by atoms with Crippen LogP contribution in [0.4, 0.5) is 0 Å². The van der Waals surface area contributed by atoms with E-state index < -0.39 is 0 Å². The zero-order valence-electron chi connectivity index (χ0n) is 19.5. The summed E-state index contributed by atoms with van der Waals surface area (Å²) in [7, 11) is 0. The zero-order chi connectivity index (χ0) is 20.1. The molecular weight excluding hydrogens is 376 g/mol. The van der Waals surface area contributed by atoms with Gasteiger partial charge >= 0.3 is 0 Å². The van der Waals surface area contributed by atoms with Crippen LogP contribution >= 0.6 is 23.5 Å². The highest BCUT2D eigenvalue weighted by atomic mass is 32.2. The SMILES string of the molecule is CCCCCCCCCCCC1CSC(CCCCCCCCCCC)CS1. The van der Waals surface area contributed by atoms with Gasteiger partial charge in [-0.05, 0) is 12.8 Å². The Bertz CT molecular complexity index is 267. The minimum atomic E-state index is 0.967. The van der Waals surface area contributed by atoms with Crippen LogP contribution in [0.15, 0.2) is 0 Å². The zero-order valence-corrected chi connectivity index (χ0v) is 21.2. The number of thioether (sulfide) groups is 2. The topological polar surface area (TPSA) is 0 Å². The minimum absolute atomic E-state index is 0.967. The van der Waals surface area contributed by atoms with E-state index in [-0.39, 0.29) is 0 Å². The lowest BCUT2D eigenvalue weighted by molar-refractivity contribution is 0.553. The van der Waals surface area contributed by atoms with E-state index in [0.717, 1.165) is 10.5 Å². The normalized spacial score (nSPS) is 19.9. The molecule has 0 nitrogen and oxygen atoms in total. The molecule has 0 N–H and O–H groups in total. The van der Waals surface area contributed by atoms with Gasteiger partial charge in [0.05, 0.1) is 0 Å². The van der Waals surface area contributed by atoms with Crippen LogP contribution < -0.4 is 0 Å². The van der Waals surface area contributed by atoms with Crippen LogP contribution in [0.1, 0.15) is 142 Å². The lowest BCUT2D eigenvalue weighted by atomic mass is 10.1. The first-order valence-corrected chi connectivity index (χ1v) is 15.2. The molecule has 2 atom stereocenters. The molecule has 1 heterocycles. The summed E-state index contributed by atoms with van der Waals surface area (Å²) in [6.07, 6.45) is 29.3. The highest BCUT2D eigenvalue weighted by Gasteiger charge is 2.21. The van der Waals surface area contributed by atoms with Gasteiger partial charge in [0, 0.05) is 22.0 Å². The minimum Gasteiger partial charge on any atom is -0.157 e. The third kappa shape index (κ3) is 16.5. The number of rotatable bonds is 20. The molecule has 0 aliphatic carbocycles. The molecule has 0 spiro atoms. The van der Waals surface area contributed by atoms with Gasteiger partial charge in [-0.25, -0.2) is 0 Å². The average molecular weight is 429 g/mol. The molecule has 0 aromatic rings. The van der Waals surface area contributed by atoms with Crippen molar-refractivity contribution in [1.29, 1.82) is 0 Å². The molecule has 2 unspecified atom stereocenters. The first-order chi connectivity index (χ1) is 13.9. The maximum absolute atomic E-state index is 2.31. The Balaban J connectivity index is 1.81. The van der Waals surface area contributed by atoms with Crippen molar-refractivity contribution >= 4 is 23.5 Å². The van der Waals surface area contributed by atoms with E-state index in [9.17, 15) is 0 Å². The first kappa shape index (κ1) is 26.7. The summed E-state index contributed by atoms with van der Waals surface area (Å²) in [5.41, 5.74) is 0. The summed E-state index contributed by atoms with van der Waals surface area (Å²) in [6.45, 7) is 4.61. The van der Waals surface area contributed by atoms with Gasteiger partial charge < -0.3 is 0 Å². The van der Waals surface area contributed by atoms with Crippen LogP contribution in [0.3, 0.4) is 0 Å². The largest absolute Gasteiger partial charge is 0.157 e. The third-order valence-corrected chi connectivity index (χ3v) is 9.65. The van der Waals surface area contributed by atoms with Crippen LogP contribution in [-0.2, 0) is 0 Å². The Kier molecular flexibility index (Phi) is 20.0. The first-order valence-electron chi connectivity index (χ1n) is 13.1. The van der Waals surface area contributed by atoms with Gasteiger partial charge in [0.2, 0.25) is 0 Å². The van der Waals surface area contributed by atoms with Gasteiger partial charge in [0.1, 0.15) is 0 Å². The number of hydrogen-bond donors (Lipinski definition) is 0. The monoisotopic (exact) mass is 428 g/mol. The summed E-state index contributed by atoms with van der Waals surface area (Å²) in [4.78, 5) is 0. The van der Waals surface area contributed by atoms with Crippen LogP contribution in [0.2, 0.25) is 0 Å². The van der Waals surface area contributed by atoms with Crippen molar-refractivity contribution in [2.45, 2.75) is 153 Å². The molecule has 1 aliphatic rings. The van der Waals surface area contributed by atoms with Crippen LogP contribution in [0.25, 0.3) is 0 Å². The van der Waals surface area contributed by atoms with Crippen molar-refractivity contribution < 1.29 is 0 Å². The molecule has 0 radical (unpaired) electrons. The Morgan fingerprint density at radius 1 is 0.429 bits per heavy atom. The van der Waals surface area contributed by atoms with E-state index >= 15 is 0 Å². The van der Waals surface area contributed by atoms with Gasteiger partial charge in [0.15, 0.2) is 0 Å². The molecule has 1 saturated heterocycles. The fraction of sp³-hybridized carbons (Fsp3) is 1.00. The Hall–Kier alpha value is 0.700. The Labute approximate surface area is 187 Å². The summed E-state index contributed by atoms with van der Waals surface area (Å²) >= 11 is 4.61. The van der Waals surface area contributed by atoms with Crippen molar-refractivity contribution in [3.63, 3.8) is 0 Å². The Morgan fingerprint density at radius 3 is 1.00 bits per heavy atom. The van der Waals surface area contributed by atoms with Crippen molar-refractivity contribution in [2.75, 3.05) is 11.5 Å². The quantitative estimate of drug-likeness (QED) is 0.177. The Morgan fingerprint density at radius 2 is 0.714 bits per heavy atom. The van der Waals surface area contributed by atoms with Crippen molar-refractivity contribution in [3.8, 4) is 0 Å². The second-order valence-corrected chi connectivity index (χ2v) is 11.8. The van der Waals surface area contributed by atoms with E-state index in [0.29, 0.717) is 0 Å². The molecule has 0 bridgehead atoms. The molecule has 1 fully saturated rings. The summed E-state index contributed by atoms with van der Waals surface area (Å²) in [5, 5.41) is 1.93. The third-order valence-electron chi connectivity index (χ3n) is 6.29. The summed E-state index contributed by atoms with van der Waals surface area (Å²) < 4.78 is 0. The van der Waals surface area contributed by atoms with Crippen LogP contribution in [0, 0.1) is 0 Å². The average Bonchev–Trinajstić information content (AvgIpc) is 2.72. The molecule has 2 heteroatoms.